The van der Waals surface area contributed by atoms with Gasteiger partial charge in [0.15, 0.2) is 0 Å². The molecular formula is C9H8BrClO2S. The largest absolute Gasteiger partial charge is 0.236 e. The van der Waals surface area contributed by atoms with Gasteiger partial charge in [0, 0.05) is 15.2 Å². The molecule has 0 spiro atoms. The van der Waals surface area contributed by atoms with Crippen molar-refractivity contribution >= 4 is 41.7 Å². The molecule has 14 heavy (non-hydrogen) atoms. The fourth-order valence-corrected chi connectivity index (χ4v) is 1.87. The molecule has 0 fully saturated rings. The van der Waals surface area contributed by atoms with Crippen molar-refractivity contribution in [1.82, 2.24) is 0 Å². The second-order valence-electron chi connectivity index (χ2n) is 2.66. The summed E-state index contributed by atoms with van der Waals surface area (Å²) in [5.41, 5.74) is 0.930. The molecule has 0 aliphatic heterocycles. The van der Waals surface area contributed by atoms with Gasteiger partial charge in [-0.05, 0) is 17.7 Å². The number of benzene rings is 1. The highest BCUT2D eigenvalue weighted by Crippen LogP contribution is 2.12. The Morgan fingerprint density at radius 1 is 1.43 bits per heavy atom. The van der Waals surface area contributed by atoms with Gasteiger partial charge >= 0.3 is 0 Å². The van der Waals surface area contributed by atoms with Crippen LogP contribution in [0.15, 0.2) is 34.8 Å². The van der Waals surface area contributed by atoms with Crippen molar-refractivity contribution in [1.29, 1.82) is 0 Å². The Labute approximate surface area is 96.1 Å². The number of hydrogen-bond acceptors (Lipinski definition) is 2. The smallest absolute Gasteiger partial charge is 0.212 e. The van der Waals surface area contributed by atoms with E-state index >= 15 is 0 Å². The number of halogens is 2. The van der Waals surface area contributed by atoms with Crippen LogP contribution in [0, 0.1) is 0 Å². The van der Waals surface area contributed by atoms with E-state index in [1.54, 1.807) is 6.08 Å². The molecular weight excluding hydrogens is 288 g/mol. The molecule has 1 rings (SSSR count). The van der Waals surface area contributed by atoms with Crippen LogP contribution in [-0.2, 0) is 9.05 Å². The molecule has 0 bridgehead atoms. The van der Waals surface area contributed by atoms with Crippen LogP contribution in [0.5, 0.6) is 0 Å². The van der Waals surface area contributed by atoms with Gasteiger partial charge in [0.05, 0.1) is 5.75 Å². The molecule has 0 aromatic heterocycles. The zero-order valence-corrected chi connectivity index (χ0v) is 10.3. The standard InChI is InChI=1S/C9H8BrClO2S/c10-9-5-1-3-8(7-9)4-2-6-14(11,12)13/h1-5,7H,6H2. The Morgan fingerprint density at radius 3 is 2.71 bits per heavy atom. The monoisotopic (exact) mass is 294 g/mol. The first-order chi connectivity index (χ1) is 6.47. The highest BCUT2D eigenvalue weighted by atomic mass is 79.9. The van der Waals surface area contributed by atoms with Crippen molar-refractivity contribution in [3.05, 3.63) is 40.4 Å². The van der Waals surface area contributed by atoms with E-state index in [0.29, 0.717) is 0 Å². The van der Waals surface area contributed by atoms with E-state index in [9.17, 15) is 8.42 Å². The predicted octanol–water partition coefficient (Wildman–Crippen LogP) is 3.03. The Kier molecular flexibility index (Phi) is 4.16. The molecule has 5 heteroatoms. The van der Waals surface area contributed by atoms with Gasteiger partial charge in [-0.15, -0.1) is 0 Å². The second-order valence-corrected chi connectivity index (χ2v) is 6.40. The van der Waals surface area contributed by atoms with E-state index in [4.69, 9.17) is 10.7 Å². The van der Waals surface area contributed by atoms with E-state index in [2.05, 4.69) is 15.9 Å². The molecule has 0 N–H and O–H groups in total. The maximum atomic E-state index is 10.6. The van der Waals surface area contributed by atoms with E-state index < -0.39 is 9.05 Å². The van der Waals surface area contributed by atoms with Crippen molar-refractivity contribution in [2.24, 2.45) is 0 Å². The molecule has 0 saturated heterocycles. The average Bonchev–Trinajstić information content (AvgIpc) is 2.01. The summed E-state index contributed by atoms with van der Waals surface area (Å²) in [5, 5.41) is 0. The Hall–Kier alpha value is -0.320. The highest BCUT2D eigenvalue weighted by molar-refractivity contribution is 9.10. The minimum Gasteiger partial charge on any atom is -0.212 e. The lowest BCUT2D eigenvalue weighted by Crippen LogP contribution is -1.91. The van der Waals surface area contributed by atoms with E-state index in [-0.39, 0.29) is 5.75 Å². The second kappa shape index (κ2) is 4.96. The van der Waals surface area contributed by atoms with Gasteiger partial charge in [-0.25, -0.2) is 8.42 Å². The molecule has 0 aliphatic rings. The van der Waals surface area contributed by atoms with Crippen molar-refractivity contribution < 1.29 is 8.42 Å². The lowest BCUT2D eigenvalue weighted by atomic mass is 10.2. The molecule has 0 amide bonds. The normalized spacial score (nSPS) is 12.1. The van der Waals surface area contributed by atoms with Crippen LogP contribution in [0.4, 0.5) is 0 Å². The molecule has 76 valence electrons. The first-order valence-electron chi connectivity index (χ1n) is 3.82. The Balaban J connectivity index is 2.70. The van der Waals surface area contributed by atoms with Crippen molar-refractivity contribution in [2.75, 3.05) is 5.75 Å². The Morgan fingerprint density at radius 2 is 2.14 bits per heavy atom. The molecule has 2 nitrogen and oxygen atoms in total. The molecule has 0 heterocycles. The summed E-state index contributed by atoms with van der Waals surface area (Å²) < 4.78 is 22.1. The van der Waals surface area contributed by atoms with Crippen molar-refractivity contribution in [3.8, 4) is 0 Å². The van der Waals surface area contributed by atoms with Crippen molar-refractivity contribution in [3.63, 3.8) is 0 Å². The molecule has 0 radical (unpaired) electrons. The van der Waals surface area contributed by atoms with Gasteiger partial charge < -0.3 is 0 Å². The number of hydrogen-bond donors (Lipinski definition) is 0. The van der Waals surface area contributed by atoms with Crippen LogP contribution in [0.1, 0.15) is 5.56 Å². The SMILES string of the molecule is O=S(=O)(Cl)CC=Cc1cccc(Br)c1. The van der Waals surface area contributed by atoms with Gasteiger partial charge in [-0.2, -0.15) is 0 Å². The summed E-state index contributed by atoms with van der Waals surface area (Å²) in [6.45, 7) is 0. The molecule has 1 aromatic carbocycles. The summed E-state index contributed by atoms with van der Waals surface area (Å²) >= 11 is 3.32. The third-order valence-corrected chi connectivity index (χ3v) is 2.92. The van der Waals surface area contributed by atoms with Crippen LogP contribution in [-0.4, -0.2) is 14.2 Å². The van der Waals surface area contributed by atoms with Crippen LogP contribution in [0.3, 0.4) is 0 Å². The van der Waals surface area contributed by atoms with Gasteiger partial charge in [0.1, 0.15) is 0 Å². The first-order valence-corrected chi connectivity index (χ1v) is 7.09. The lowest BCUT2D eigenvalue weighted by Gasteiger charge is -1.93. The van der Waals surface area contributed by atoms with Gasteiger partial charge in [-0.1, -0.05) is 40.2 Å². The topological polar surface area (TPSA) is 34.1 Å². The average molecular weight is 296 g/mol. The van der Waals surface area contributed by atoms with Crippen molar-refractivity contribution in [2.45, 2.75) is 0 Å². The van der Waals surface area contributed by atoms with E-state index in [0.717, 1.165) is 10.0 Å². The van der Waals surface area contributed by atoms with Crippen LogP contribution >= 0.6 is 26.6 Å². The fourth-order valence-electron chi connectivity index (χ4n) is 0.909. The zero-order valence-electron chi connectivity index (χ0n) is 7.15. The minimum absolute atomic E-state index is 0.152. The first kappa shape index (κ1) is 11.8. The third kappa shape index (κ3) is 4.79. The quantitative estimate of drug-likeness (QED) is 0.803. The Bertz CT molecular complexity index is 440. The zero-order chi connectivity index (χ0) is 10.6. The minimum atomic E-state index is -3.43. The molecule has 0 unspecified atom stereocenters. The number of rotatable bonds is 3. The van der Waals surface area contributed by atoms with E-state index in [1.165, 1.54) is 6.08 Å². The third-order valence-electron chi connectivity index (χ3n) is 1.45. The fraction of sp³-hybridized carbons (Fsp3) is 0.111. The summed E-state index contributed by atoms with van der Waals surface area (Å²) in [7, 11) is 1.61. The van der Waals surface area contributed by atoms with Crippen LogP contribution in [0.25, 0.3) is 6.08 Å². The summed E-state index contributed by atoms with van der Waals surface area (Å²) in [6, 6.07) is 7.54. The molecule has 1 aromatic rings. The van der Waals surface area contributed by atoms with Gasteiger partial charge in [0.25, 0.3) is 0 Å². The van der Waals surface area contributed by atoms with Gasteiger partial charge in [-0.3, -0.25) is 0 Å². The molecule has 0 saturated carbocycles. The summed E-state index contributed by atoms with van der Waals surface area (Å²) in [4.78, 5) is 0. The van der Waals surface area contributed by atoms with Crippen LogP contribution in [0.2, 0.25) is 0 Å². The van der Waals surface area contributed by atoms with Gasteiger partial charge in [0.2, 0.25) is 9.05 Å². The highest BCUT2D eigenvalue weighted by Gasteiger charge is 1.99. The maximum Gasteiger partial charge on any atom is 0.236 e. The van der Waals surface area contributed by atoms with Crippen LogP contribution < -0.4 is 0 Å². The summed E-state index contributed by atoms with van der Waals surface area (Å²) in [6.07, 6.45) is 3.23. The lowest BCUT2D eigenvalue weighted by molar-refractivity contribution is 0.612. The maximum absolute atomic E-state index is 10.6. The summed E-state index contributed by atoms with van der Waals surface area (Å²) in [5.74, 6) is -0.152. The molecule has 0 aliphatic carbocycles. The molecule has 0 atom stereocenters. The van der Waals surface area contributed by atoms with E-state index in [1.807, 2.05) is 24.3 Å². The predicted molar refractivity (Wildman–Crippen MR) is 62.8 cm³/mol.